The van der Waals surface area contributed by atoms with Gasteiger partial charge in [0, 0.05) is 38.8 Å². The van der Waals surface area contributed by atoms with Crippen LogP contribution in [0.3, 0.4) is 0 Å². The number of aromatic nitrogens is 4. The van der Waals surface area contributed by atoms with Crippen molar-refractivity contribution < 1.29 is 12.8 Å². The van der Waals surface area contributed by atoms with Crippen LogP contribution in [0, 0.1) is 0 Å². The Morgan fingerprint density at radius 3 is 2.77 bits per heavy atom. The van der Waals surface area contributed by atoms with E-state index in [2.05, 4.69) is 20.3 Å². The number of imidazole rings is 1. The van der Waals surface area contributed by atoms with E-state index in [0.29, 0.717) is 36.5 Å². The molecule has 0 spiro atoms. The molecule has 2 saturated heterocycles. The molecular weight excluding hydrogens is 385 g/mol. The number of anilines is 1. The summed E-state index contributed by atoms with van der Waals surface area (Å²) >= 11 is 6.03. The van der Waals surface area contributed by atoms with Crippen LogP contribution in [0.4, 0.5) is 10.2 Å². The summed E-state index contributed by atoms with van der Waals surface area (Å²) in [6, 6.07) is -0.131. The topological polar surface area (TPSA) is 96.2 Å². The number of aryl methyl sites for hydroxylation is 1. The first-order chi connectivity index (χ1) is 12.4. The molecule has 2 fully saturated rings. The lowest BCUT2D eigenvalue weighted by Gasteiger charge is -2.35. The van der Waals surface area contributed by atoms with Gasteiger partial charge in [-0.05, 0) is 24.9 Å². The average Bonchev–Trinajstić information content (AvgIpc) is 3.18. The van der Waals surface area contributed by atoms with Crippen LogP contribution >= 0.6 is 11.6 Å². The molecule has 0 amide bonds. The van der Waals surface area contributed by atoms with E-state index in [0.717, 1.165) is 0 Å². The van der Waals surface area contributed by atoms with E-state index >= 15 is 0 Å². The zero-order chi connectivity index (χ0) is 18.5. The summed E-state index contributed by atoms with van der Waals surface area (Å²) in [5.41, 5.74) is 1.23. The largest absolute Gasteiger partial charge is 0.364 e. The fraction of sp³-hybridized carbons (Fsp3) is 0.643. The molecule has 142 valence electrons. The molecule has 1 N–H and O–H groups in total. The van der Waals surface area contributed by atoms with Gasteiger partial charge in [0.15, 0.2) is 17.0 Å². The lowest BCUT2D eigenvalue weighted by molar-refractivity contribution is 0.134. The average molecular weight is 404 g/mol. The number of hydrogen-bond acceptors (Lipinski definition) is 6. The van der Waals surface area contributed by atoms with E-state index in [-0.39, 0.29) is 31.0 Å². The Bertz CT molecular complexity index is 931. The van der Waals surface area contributed by atoms with Gasteiger partial charge < -0.3 is 9.88 Å². The van der Waals surface area contributed by atoms with Gasteiger partial charge in [-0.2, -0.15) is 27.0 Å². The monoisotopic (exact) mass is 403 g/mol. The van der Waals surface area contributed by atoms with Gasteiger partial charge in [0.05, 0.1) is 6.33 Å². The molecule has 2 aliphatic rings. The van der Waals surface area contributed by atoms with Crippen LogP contribution in [0.5, 0.6) is 0 Å². The van der Waals surface area contributed by atoms with Crippen molar-refractivity contribution in [2.24, 2.45) is 0 Å². The molecule has 1 atom stereocenters. The van der Waals surface area contributed by atoms with Crippen LogP contribution in [-0.4, -0.2) is 74.9 Å². The van der Waals surface area contributed by atoms with Crippen LogP contribution in [0.2, 0.25) is 5.28 Å². The molecule has 12 heteroatoms. The standard InChI is InChI=1S/C14H19ClFN7O2S/c1-2-21-8-17-11-12(19-14(15)20-13(11)21)18-10-3-4-22(7-10)26(24,25)23-5-9(16)6-23/h8-10H,2-7H2,1H3,(H,18,19,20)/t10-/m0/s1. The van der Waals surface area contributed by atoms with Crippen molar-refractivity contribution in [2.75, 3.05) is 31.5 Å². The third-order valence-electron chi connectivity index (χ3n) is 4.73. The van der Waals surface area contributed by atoms with Crippen molar-refractivity contribution in [1.82, 2.24) is 28.1 Å². The molecule has 0 saturated carbocycles. The second-order valence-corrected chi connectivity index (χ2v) is 8.72. The fourth-order valence-electron chi connectivity index (χ4n) is 3.24. The molecule has 2 aromatic heterocycles. The normalized spacial score (nSPS) is 22.8. The summed E-state index contributed by atoms with van der Waals surface area (Å²) in [4.78, 5) is 12.8. The third-order valence-corrected chi connectivity index (χ3v) is 6.83. The van der Waals surface area contributed by atoms with E-state index in [1.807, 2.05) is 11.5 Å². The molecule has 4 rings (SSSR count). The Hall–Kier alpha value is -1.56. The Morgan fingerprint density at radius 2 is 2.08 bits per heavy atom. The van der Waals surface area contributed by atoms with Crippen molar-refractivity contribution in [3.63, 3.8) is 0 Å². The quantitative estimate of drug-likeness (QED) is 0.744. The lowest BCUT2D eigenvalue weighted by Crippen LogP contribution is -2.56. The number of nitrogens with zero attached hydrogens (tertiary/aromatic N) is 6. The maximum atomic E-state index is 13.0. The zero-order valence-electron chi connectivity index (χ0n) is 14.1. The molecule has 9 nitrogen and oxygen atoms in total. The maximum Gasteiger partial charge on any atom is 0.282 e. The van der Waals surface area contributed by atoms with Crippen molar-refractivity contribution in [2.45, 2.75) is 32.1 Å². The molecule has 26 heavy (non-hydrogen) atoms. The number of halogens is 2. The predicted molar refractivity (Wildman–Crippen MR) is 95.0 cm³/mol. The third kappa shape index (κ3) is 3.02. The molecule has 0 aliphatic carbocycles. The van der Waals surface area contributed by atoms with Gasteiger partial charge >= 0.3 is 0 Å². The van der Waals surface area contributed by atoms with Crippen LogP contribution in [-0.2, 0) is 16.8 Å². The van der Waals surface area contributed by atoms with Crippen molar-refractivity contribution in [3.05, 3.63) is 11.6 Å². The Labute approximate surface area is 155 Å². The Morgan fingerprint density at radius 1 is 1.31 bits per heavy atom. The number of alkyl halides is 1. The highest BCUT2D eigenvalue weighted by Crippen LogP contribution is 2.26. The van der Waals surface area contributed by atoms with Gasteiger partial charge in [-0.15, -0.1) is 0 Å². The van der Waals surface area contributed by atoms with E-state index < -0.39 is 16.4 Å². The number of nitrogens with one attached hydrogen (secondary N) is 1. The van der Waals surface area contributed by atoms with Crippen molar-refractivity contribution >= 4 is 38.8 Å². The van der Waals surface area contributed by atoms with Gasteiger partial charge in [-0.1, -0.05) is 0 Å². The second kappa shape index (κ2) is 6.55. The van der Waals surface area contributed by atoms with E-state index in [1.54, 1.807) is 6.33 Å². The molecule has 0 unspecified atom stereocenters. The summed E-state index contributed by atoms with van der Waals surface area (Å²) < 4.78 is 42.3. The minimum absolute atomic E-state index is 0.0620. The van der Waals surface area contributed by atoms with Crippen molar-refractivity contribution in [3.8, 4) is 0 Å². The van der Waals surface area contributed by atoms with Crippen LogP contribution < -0.4 is 5.32 Å². The molecule has 0 aromatic carbocycles. The summed E-state index contributed by atoms with van der Waals surface area (Å²) in [6.07, 6.45) is 1.22. The lowest BCUT2D eigenvalue weighted by atomic mass is 10.2. The maximum absolute atomic E-state index is 13.0. The fourth-order valence-corrected chi connectivity index (χ4v) is 5.13. The first-order valence-corrected chi connectivity index (χ1v) is 10.2. The highest BCUT2D eigenvalue weighted by Gasteiger charge is 2.42. The zero-order valence-corrected chi connectivity index (χ0v) is 15.7. The van der Waals surface area contributed by atoms with Crippen LogP contribution in [0.25, 0.3) is 11.2 Å². The smallest absolute Gasteiger partial charge is 0.282 e. The van der Waals surface area contributed by atoms with Gasteiger partial charge in [-0.25, -0.2) is 9.37 Å². The second-order valence-electron chi connectivity index (χ2n) is 6.45. The molecule has 2 aliphatic heterocycles. The minimum Gasteiger partial charge on any atom is -0.364 e. The van der Waals surface area contributed by atoms with E-state index in [4.69, 9.17) is 11.6 Å². The van der Waals surface area contributed by atoms with Gasteiger partial charge in [0.1, 0.15) is 6.17 Å². The predicted octanol–water partition coefficient (Wildman–Crippen LogP) is 0.884. The first kappa shape index (κ1) is 17.8. The summed E-state index contributed by atoms with van der Waals surface area (Å²) in [6.45, 7) is 3.21. The van der Waals surface area contributed by atoms with Gasteiger partial charge in [0.25, 0.3) is 10.2 Å². The first-order valence-electron chi connectivity index (χ1n) is 8.42. The highest BCUT2D eigenvalue weighted by atomic mass is 35.5. The highest BCUT2D eigenvalue weighted by molar-refractivity contribution is 7.86. The van der Waals surface area contributed by atoms with Crippen LogP contribution in [0.1, 0.15) is 13.3 Å². The van der Waals surface area contributed by atoms with Crippen molar-refractivity contribution in [1.29, 1.82) is 0 Å². The molecule has 0 bridgehead atoms. The summed E-state index contributed by atoms with van der Waals surface area (Å²) in [5, 5.41) is 3.34. The summed E-state index contributed by atoms with van der Waals surface area (Å²) in [7, 11) is -3.60. The minimum atomic E-state index is -3.60. The summed E-state index contributed by atoms with van der Waals surface area (Å²) in [5.74, 6) is 0.490. The number of rotatable bonds is 5. The molecule has 0 radical (unpaired) electrons. The van der Waals surface area contributed by atoms with Gasteiger partial charge in [-0.3, -0.25) is 0 Å². The van der Waals surface area contributed by atoms with E-state index in [1.165, 1.54) is 8.61 Å². The van der Waals surface area contributed by atoms with Gasteiger partial charge in [0.2, 0.25) is 5.28 Å². The molecular formula is C14H19ClFN7O2S. The SMILES string of the molecule is CCn1cnc2c(N[C@H]3CCN(S(=O)(=O)N4CC(F)C4)C3)nc(Cl)nc21. The Kier molecular flexibility index (Phi) is 4.49. The number of hydrogen-bond donors (Lipinski definition) is 1. The van der Waals surface area contributed by atoms with Crippen LogP contribution in [0.15, 0.2) is 6.33 Å². The molecule has 2 aromatic rings. The Balaban J connectivity index is 1.51. The number of fused-ring (bicyclic) bond motifs is 1. The van der Waals surface area contributed by atoms with E-state index in [9.17, 15) is 12.8 Å². The molecule has 4 heterocycles.